The molecular weight excluding hydrogens is 278 g/mol. The van der Waals surface area contributed by atoms with Gasteiger partial charge in [-0.3, -0.25) is 0 Å². The van der Waals surface area contributed by atoms with E-state index in [2.05, 4.69) is 30.9 Å². The van der Waals surface area contributed by atoms with Gasteiger partial charge >= 0.3 is 0 Å². The molecule has 120 valence electrons. The summed E-state index contributed by atoms with van der Waals surface area (Å²) in [6.45, 7) is 8.28. The van der Waals surface area contributed by atoms with Gasteiger partial charge in [0.15, 0.2) is 0 Å². The second-order valence-electron chi connectivity index (χ2n) is 5.93. The molecule has 0 aliphatic carbocycles. The highest BCUT2D eigenvalue weighted by molar-refractivity contribution is 6.30. The maximum Gasteiger partial charge on any atom is 0.0406 e. The Morgan fingerprint density at radius 2 is 1.43 bits per heavy atom. The van der Waals surface area contributed by atoms with Crippen molar-refractivity contribution in [3.05, 3.63) is 34.9 Å². The van der Waals surface area contributed by atoms with Crippen molar-refractivity contribution < 1.29 is 0 Å². The van der Waals surface area contributed by atoms with Gasteiger partial charge in [-0.05, 0) is 63.0 Å². The maximum atomic E-state index is 5.91. The average molecular weight is 310 g/mol. The van der Waals surface area contributed by atoms with Gasteiger partial charge in [0.1, 0.15) is 0 Å². The molecule has 0 heterocycles. The summed E-state index contributed by atoms with van der Waals surface area (Å²) in [5.74, 6) is 0. The molecule has 1 aromatic carbocycles. The van der Waals surface area contributed by atoms with Crippen molar-refractivity contribution in [3.63, 3.8) is 0 Å². The van der Waals surface area contributed by atoms with Gasteiger partial charge in [0.2, 0.25) is 0 Å². The van der Waals surface area contributed by atoms with Crippen LogP contribution in [0.5, 0.6) is 0 Å². The maximum absolute atomic E-state index is 5.91. The zero-order valence-corrected chi connectivity index (χ0v) is 14.7. The molecule has 0 aliphatic heterocycles. The third kappa shape index (κ3) is 9.16. The first-order valence-corrected chi connectivity index (χ1v) is 9.10. The Balaban J connectivity index is 2.07. The van der Waals surface area contributed by atoms with Crippen LogP contribution in [0.25, 0.3) is 0 Å². The Morgan fingerprint density at radius 1 is 0.810 bits per heavy atom. The van der Waals surface area contributed by atoms with Crippen LogP contribution in [-0.2, 0) is 6.42 Å². The van der Waals surface area contributed by atoms with Gasteiger partial charge < -0.3 is 4.90 Å². The number of rotatable bonds is 12. The number of hydrogen-bond acceptors (Lipinski definition) is 1. The van der Waals surface area contributed by atoms with Crippen molar-refractivity contribution in [2.24, 2.45) is 0 Å². The highest BCUT2D eigenvalue weighted by Gasteiger charge is 2.02. The van der Waals surface area contributed by atoms with Crippen LogP contribution in [0.2, 0.25) is 5.02 Å². The molecule has 1 rings (SSSR count). The van der Waals surface area contributed by atoms with Crippen molar-refractivity contribution in [1.82, 2.24) is 4.90 Å². The van der Waals surface area contributed by atoms with E-state index in [1.807, 2.05) is 12.1 Å². The summed E-state index contributed by atoms with van der Waals surface area (Å²) in [7, 11) is 0. The molecular formula is C19H32ClN. The molecule has 0 saturated carbocycles. The number of benzene rings is 1. The van der Waals surface area contributed by atoms with E-state index in [1.54, 1.807) is 0 Å². The molecule has 0 N–H and O–H groups in total. The Bertz CT molecular complexity index is 347. The Labute approximate surface area is 136 Å². The number of aryl methyl sites for hydroxylation is 1. The zero-order chi connectivity index (χ0) is 15.3. The van der Waals surface area contributed by atoms with Gasteiger partial charge in [-0.1, -0.05) is 63.3 Å². The Morgan fingerprint density at radius 3 is 2.05 bits per heavy atom. The molecule has 0 saturated heterocycles. The van der Waals surface area contributed by atoms with E-state index in [1.165, 1.54) is 76.6 Å². The first kappa shape index (κ1) is 18.5. The molecule has 0 radical (unpaired) electrons. The van der Waals surface area contributed by atoms with Gasteiger partial charge in [-0.2, -0.15) is 0 Å². The predicted octanol–water partition coefficient (Wildman–Crippen LogP) is 5.96. The van der Waals surface area contributed by atoms with Gasteiger partial charge in [0.25, 0.3) is 0 Å². The molecule has 1 nitrogen and oxygen atoms in total. The number of halogens is 1. The molecule has 0 bridgehead atoms. The van der Waals surface area contributed by atoms with E-state index >= 15 is 0 Å². The first-order valence-electron chi connectivity index (χ1n) is 8.73. The van der Waals surface area contributed by atoms with Crippen molar-refractivity contribution >= 4 is 11.6 Å². The molecule has 21 heavy (non-hydrogen) atoms. The lowest BCUT2D eigenvalue weighted by molar-refractivity contribution is 0.275. The summed E-state index contributed by atoms with van der Waals surface area (Å²) in [6.07, 6.45) is 10.6. The van der Waals surface area contributed by atoms with Crippen LogP contribution in [0.3, 0.4) is 0 Å². The lowest BCUT2D eigenvalue weighted by Crippen LogP contribution is -2.25. The summed E-state index contributed by atoms with van der Waals surface area (Å²) in [5.41, 5.74) is 1.40. The standard InChI is InChI=1S/C19H32ClN/c1-3-5-6-7-9-16-21(4-2)17-10-8-11-18-12-14-19(20)15-13-18/h12-15H,3-11,16-17H2,1-2H3. The molecule has 2 heteroatoms. The van der Waals surface area contributed by atoms with Gasteiger partial charge in [-0.25, -0.2) is 0 Å². The predicted molar refractivity (Wildman–Crippen MR) is 95.3 cm³/mol. The smallest absolute Gasteiger partial charge is 0.0406 e. The minimum Gasteiger partial charge on any atom is -0.304 e. The highest BCUT2D eigenvalue weighted by atomic mass is 35.5. The SMILES string of the molecule is CCCCCCCN(CC)CCCCc1ccc(Cl)cc1. The topological polar surface area (TPSA) is 3.24 Å². The molecule has 0 atom stereocenters. The van der Waals surface area contributed by atoms with E-state index in [4.69, 9.17) is 11.6 Å². The summed E-state index contributed by atoms with van der Waals surface area (Å²) < 4.78 is 0. The van der Waals surface area contributed by atoms with Crippen LogP contribution in [-0.4, -0.2) is 24.5 Å². The van der Waals surface area contributed by atoms with Crippen LogP contribution in [0, 0.1) is 0 Å². The lowest BCUT2D eigenvalue weighted by atomic mass is 10.1. The van der Waals surface area contributed by atoms with Gasteiger partial charge in [0, 0.05) is 5.02 Å². The van der Waals surface area contributed by atoms with Gasteiger partial charge in [0.05, 0.1) is 0 Å². The van der Waals surface area contributed by atoms with Crippen molar-refractivity contribution in [3.8, 4) is 0 Å². The van der Waals surface area contributed by atoms with E-state index in [9.17, 15) is 0 Å². The highest BCUT2D eigenvalue weighted by Crippen LogP contribution is 2.12. The van der Waals surface area contributed by atoms with Crippen molar-refractivity contribution in [2.45, 2.75) is 65.2 Å². The molecule has 0 aliphatic rings. The van der Waals surface area contributed by atoms with Crippen LogP contribution in [0.1, 0.15) is 64.4 Å². The van der Waals surface area contributed by atoms with Crippen LogP contribution < -0.4 is 0 Å². The Kier molecular flexibility index (Phi) is 10.6. The number of unbranched alkanes of at least 4 members (excludes halogenated alkanes) is 5. The normalized spacial score (nSPS) is 11.2. The van der Waals surface area contributed by atoms with Crippen molar-refractivity contribution in [2.75, 3.05) is 19.6 Å². The van der Waals surface area contributed by atoms with E-state index < -0.39 is 0 Å². The Hall–Kier alpha value is -0.530. The lowest BCUT2D eigenvalue weighted by Gasteiger charge is -2.20. The fourth-order valence-corrected chi connectivity index (χ4v) is 2.81. The second kappa shape index (κ2) is 12.1. The molecule has 0 amide bonds. The van der Waals surface area contributed by atoms with E-state index in [0.29, 0.717) is 0 Å². The molecule has 0 fully saturated rings. The summed E-state index contributed by atoms with van der Waals surface area (Å²) in [5, 5.41) is 0.832. The van der Waals surface area contributed by atoms with Crippen LogP contribution in [0.15, 0.2) is 24.3 Å². The quantitative estimate of drug-likeness (QED) is 0.431. The van der Waals surface area contributed by atoms with E-state index in [-0.39, 0.29) is 0 Å². The number of hydrogen-bond donors (Lipinski definition) is 0. The first-order chi connectivity index (χ1) is 10.3. The molecule has 1 aromatic rings. The van der Waals surface area contributed by atoms with Gasteiger partial charge in [-0.15, -0.1) is 0 Å². The average Bonchev–Trinajstić information content (AvgIpc) is 2.51. The van der Waals surface area contributed by atoms with Crippen molar-refractivity contribution in [1.29, 1.82) is 0 Å². The summed E-state index contributed by atoms with van der Waals surface area (Å²) >= 11 is 5.91. The fraction of sp³-hybridized carbons (Fsp3) is 0.684. The summed E-state index contributed by atoms with van der Waals surface area (Å²) in [6, 6.07) is 8.28. The van der Waals surface area contributed by atoms with Crippen LogP contribution in [0.4, 0.5) is 0 Å². The second-order valence-corrected chi connectivity index (χ2v) is 6.37. The van der Waals surface area contributed by atoms with Crippen LogP contribution >= 0.6 is 11.6 Å². The number of nitrogens with zero attached hydrogens (tertiary/aromatic N) is 1. The third-order valence-corrected chi connectivity index (χ3v) is 4.38. The molecule has 0 spiro atoms. The fourth-order valence-electron chi connectivity index (χ4n) is 2.68. The third-order valence-electron chi connectivity index (χ3n) is 4.13. The molecule has 0 aromatic heterocycles. The summed E-state index contributed by atoms with van der Waals surface area (Å²) in [4.78, 5) is 2.60. The zero-order valence-electron chi connectivity index (χ0n) is 13.9. The monoisotopic (exact) mass is 309 g/mol. The molecule has 0 unspecified atom stereocenters. The minimum absolute atomic E-state index is 0.832. The van der Waals surface area contributed by atoms with E-state index in [0.717, 1.165) is 5.02 Å². The largest absolute Gasteiger partial charge is 0.304 e. The minimum atomic E-state index is 0.832.